The van der Waals surface area contributed by atoms with Crippen molar-refractivity contribution < 1.29 is 29.9 Å². The van der Waals surface area contributed by atoms with Crippen molar-refractivity contribution in [3.63, 3.8) is 0 Å². The number of nitrogens with one attached hydrogen (secondary N) is 2. The fourth-order valence-electron chi connectivity index (χ4n) is 3.35. The molecule has 0 amide bonds. The van der Waals surface area contributed by atoms with E-state index >= 15 is 0 Å². The molecule has 1 fully saturated rings. The first-order valence-electron chi connectivity index (χ1n) is 9.40. The second-order valence-electron chi connectivity index (χ2n) is 6.96. The van der Waals surface area contributed by atoms with Gasteiger partial charge in [-0.05, 0) is 23.8 Å². The summed E-state index contributed by atoms with van der Waals surface area (Å²) in [7, 11) is 1.41. The standard InChI is InChI=1S/C18H21N7O7/c1-31-9-4-7(2-3-8(9)27)5-20-24-18-21-11-14(22-17(19)23-15(11)30)25(18)16-13(29)12(28)10(6-26)32-16/h2-5,10,12-13,16,26-29H,6H2,1H3,(H,21,24)(H3,19,22,23,30)/b20-5-/t10-,12+,13+,16-/m1/s1. The number of hydrogen-bond donors (Lipinski definition) is 7. The van der Waals surface area contributed by atoms with Gasteiger partial charge in [-0.15, -0.1) is 0 Å². The Bertz CT molecular complexity index is 1220. The zero-order chi connectivity index (χ0) is 23.0. The topological polar surface area (TPSA) is 213 Å². The second-order valence-corrected chi connectivity index (χ2v) is 6.96. The van der Waals surface area contributed by atoms with Crippen LogP contribution in [0.1, 0.15) is 11.8 Å². The summed E-state index contributed by atoms with van der Waals surface area (Å²) < 4.78 is 11.8. The summed E-state index contributed by atoms with van der Waals surface area (Å²) in [4.78, 5) is 22.8. The highest BCUT2D eigenvalue weighted by Gasteiger charge is 2.45. The molecule has 0 unspecified atom stereocenters. The summed E-state index contributed by atoms with van der Waals surface area (Å²) in [6, 6.07) is 4.56. The third kappa shape index (κ3) is 3.71. The number of aromatic hydroxyl groups is 1. The summed E-state index contributed by atoms with van der Waals surface area (Å²) in [6.07, 6.45) is -3.75. The Hall–Kier alpha value is -3.72. The molecule has 0 radical (unpaired) electrons. The van der Waals surface area contributed by atoms with Crippen LogP contribution < -0.4 is 21.5 Å². The molecule has 0 spiro atoms. The molecule has 3 aromatic rings. The van der Waals surface area contributed by atoms with Crippen molar-refractivity contribution >= 4 is 29.3 Å². The molecule has 0 saturated carbocycles. The maximum absolute atomic E-state index is 12.3. The van der Waals surface area contributed by atoms with Crippen LogP contribution >= 0.6 is 0 Å². The van der Waals surface area contributed by atoms with Gasteiger partial charge in [0.25, 0.3) is 5.56 Å². The highest BCUT2D eigenvalue weighted by molar-refractivity contribution is 5.82. The molecule has 14 heteroatoms. The number of nitrogens with two attached hydrogens (primary N) is 1. The number of nitrogen functional groups attached to an aromatic ring is 1. The number of hydrazone groups is 1. The van der Waals surface area contributed by atoms with Gasteiger partial charge in [-0.2, -0.15) is 10.1 Å². The number of methoxy groups -OCH3 is 1. The monoisotopic (exact) mass is 447 g/mol. The van der Waals surface area contributed by atoms with E-state index < -0.39 is 36.7 Å². The fourth-order valence-corrected chi connectivity index (χ4v) is 3.35. The van der Waals surface area contributed by atoms with Crippen molar-refractivity contribution in [2.24, 2.45) is 5.10 Å². The van der Waals surface area contributed by atoms with Gasteiger partial charge in [0.15, 0.2) is 28.9 Å². The number of imidazole rings is 1. The van der Waals surface area contributed by atoms with Crippen LogP contribution in [-0.2, 0) is 4.74 Å². The SMILES string of the molecule is COc1cc(/C=N\Nc2nc3c(=O)[nH]c(N)nc3n2[C@@H]2O[C@H](CO)[C@H](O)[C@@H]2O)ccc1O. The molecular formula is C18H21N7O7. The number of aromatic amines is 1. The number of phenols is 1. The number of ether oxygens (including phenoxy) is 2. The molecule has 2 aromatic heterocycles. The molecule has 1 saturated heterocycles. The van der Waals surface area contributed by atoms with Crippen LogP contribution in [0.25, 0.3) is 11.2 Å². The van der Waals surface area contributed by atoms with Gasteiger partial charge in [0.2, 0.25) is 11.9 Å². The molecule has 1 aliphatic rings. The van der Waals surface area contributed by atoms with Gasteiger partial charge < -0.3 is 35.6 Å². The molecule has 14 nitrogen and oxygen atoms in total. The van der Waals surface area contributed by atoms with Gasteiger partial charge in [0.1, 0.15) is 18.3 Å². The molecule has 32 heavy (non-hydrogen) atoms. The zero-order valence-corrected chi connectivity index (χ0v) is 16.7. The minimum Gasteiger partial charge on any atom is -0.504 e. The van der Waals surface area contributed by atoms with Crippen LogP contribution in [0.5, 0.6) is 11.5 Å². The lowest BCUT2D eigenvalue weighted by molar-refractivity contribution is -0.0501. The minimum absolute atomic E-state index is 0.0231. The molecule has 8 N–H and O–H groups in total. The number of hydrogen-bond acceptors (Lipinski definition) is 12. The van der Waals surface area contributed by atoms with E-state index in [2.05, 4.69) is 25.5 Å². The van der Waals surface area contributed by atoms with Gasteiger partial charge >= 0.3 is 0 Å². The first kappa shape index (κ1) is 21.5. The Balaban J connectivity index is 1.73. The third-order valence-corrected chi connectivity index (χ3v) is 4.92. The molecule has 0 aliphatic carbocycles. The average molecular weight is 447 g/mol. The lowest BCUT2D eigenvalue weighted by Gasteiger charge is -2.18. The smallest absolute Gasteiger partial charge is 0.280 e. The van der Waals surface area contributed by atoms with Gasteiger partial charge in [0, 0.05) is 0 Å². The normalized spacial score (nSPS) is 23.2. The zero-order valence-electron chi connectivity index (χ0n) is 16.7. The van der Waals surface area contributed by atoms with Crippen molar-refractivity contribution in [1.29, 1.82) is 0 Å². The van der Waals surface area contributed by atoms with E-state index in [0.717, 1.165) is 0 Å². The Morgan fingerprint density at radius 3 is 2.84 bits per heavy atom. The first-order chi connectivity index (χ1) is 15.3. The van der Waals surface area contributed by atoms with E-state index in [0.29, 0.717) is 5.56 Å². The predicted octanol–water partition coefficient (Wildman–Crippen LogP) is -1.53. The maximum Gasteiger partial charge on any atom is 0.280 e. The highest BCUT2D eigenvalue weighted by atomic mass is 16.6. The first-order valence-corrected chi connectivity index (χ1v) is 9.40. The highest BCUT2D eigenvalue weighted by Crippen LogP contribution is 2.34. The number of rotatable bonds is 6. The third-order valence-electron chi connectivity index (χ3n) is 4.92. The number of benzene rings is 1. The largest absolute Gasteiger partial charge is 0.504 e. The number of fused-ring (bicyclic) bond motifs is 1. The number of aromatic nitrogens is 4. The number of anilines is 2. The van der Waals surface area contributed by atoms with E-state index in [1.807, 2.05) is 0 Å². The maximum atomic E-state index is 12.3. The summed E-state index contributed by atoms with van der Waals surface area (Å²) in [5.41, 5.74) is 8.10. The van der Waals surface area contributed by atoms with Crippen molar-refractivity contribution in [2.45, 2.75) is 24.5 Å². The summed E-state index contributed by atoms with van der Waals surface area (Å²) in [5.74, 6) is -0.0207. The lowest BCUT2D eigenvalue weighted by Crippen LogP contribution is -2.33. The summed E-state index contributed by atoms with van der Waals surface area (Å²) in [6.45, 7) is -0.541. The molecule has 0 bridgehead atoms. The predicted molar refractivity (Wildman–Crippen MR) is 111 cm³/mol. The van der Waals surface area contributed by atoms with Crippen molar-refractivity contribution in [1.82, 2.24) is 19.5 Å². The van der Waals surface area contributed by atoms with Crippen LogP contribution in [0, 0.1) is 0 Å². The Labute approximate surface area is 179 Å². The summed E-state index contributed by atoms with van der Waals surface area (Å²) in [5, 5.41) is 43.7. The summed E-state index contributed by atoms with van der Waals surface area (Å²) >= 11 is 0. The van der Waals surface area contributed by atoms with Gasteiger partial charge in [0.05, 0.1) is 19.9 Å². The number of aliphatic hydroxyl groups is 3. The number of H-pyrrole nitrogens is 1. The van der Waals surface area contributed by atoms with Gasteiger partial charge in [-0.25, -0.2) is 10.4 Å². The molecule has 170 valence electrons. The quantitative estimate of drug-likeness (QED) is 0.170. The molecule has 4 atom stereocenters. The van der Waals surface area contributed by atoms with Gasteiger partial charge in [-0.1, -0.05) is 0 Å². The van der Waals surface area contributed by atoms with Crippen molar-refractivity contribution in [3.05, 3.63) is 34.1 Å². The fraction of sp³-hybridized carbons (Fsp3) is 0.333. The average Bonchev–Trinajstić information content (AvgIpc) is 3.26. The Morgan fingerprint density at radius 1 is 1.38 bits per heavy atom. The molecule has 4 rings (SSSR count). The Kier molecular flexibility index (Phi) is 5.67. The van der Waals surface area contributed by atoms with Crippen molar-refractivity contribution in [2.75, 3.05) is 24.9 Å². The van der Waals surface area contributed by atoms with Crippen LogP contribution in [0.3, 0.4) is 0 Å². The number of aliphatic hydroxyl groups excluding tert-OH is 3. The van der Waals surface area contributed by atoms with Crippen LogP contribution in [0.2, 0.25) is 0 Å². The second kappa shape index (κ2) is 8.43. The van der Waals surface area contributed by atoms with Crippen molar-refractivity contribution in [3.8, 4) is 11.5 Å². The number of phenolic OH excluding ortho intramolecular Hbond substituents is 1. The van der Waals surface area contributed by atoms with E-state index in [9.17, 15) is 25.2 Å². The van der Waals surface area contributed by atoms with Gasteiger partial charge in [-0.3, -0.25) is 14.3 Å². The van der Waals surface area contributed by atoms with E-state index in [1.54, 1.807) is 12.1 Å². The number of nitrogens with zero attached hydrogens (tertiary/aromatic N) is 4. The molecule has 1 aromatic carbocycles. The molecular weight excluding hydrogens is 426 g/mol. The molecule has 1 aliphatic heterocycles. The van der Waals surface area contributed by atoms with E-state index in [4.69, 9.17) is 15.2 Å². The van der Waals surface area contributed by atoms with Crippen LogP contribution in [0.15, 0.2) is 28.1 Å². The van der Waals surface area contributed by atoms with Crippen LogP contribution in [0.4, 0.5) is 11.9 Å². The van der Waals surface area contributed by atoms with Crippen LogP contribution in [-0.4, -0.2) is 78.2 Å². The van der Waals surface area contributed by atoms with E-state index in [-0.39, 0.29) is 34.6 Å². The van der Waals surface area contributed by atoms with E-state index in [1.165, 1.54) is 24.0 Å². The lowest BCUT2D eigenvalue weighted by atomic mass is 10.1. The molecule has 3 heterocycles. The Morgan fingerprint density at radius 2 is 2.16 bits per heavy atom. The minimum atomic E-state index is -1.46.